The highest BCUT2D eigenvalue weighted by Crippen LogP contribution is 2.48. The van der Waals surface area contributed by atoms with E-state index >= 15 is 0 Å². The number of hydrogen-bond donors (Lipinski definition) is 1. The van der Waals surface area contributed by atoms with Crippen LogP contribution in [0.4, 0.5) is 0 Å². The molecule has 1 N–H and O–H groups in total. The van der Waals surface area contributed by atoms with Gasteiger partial charge in [-0.15, -0.1) is 11.3 Å². The molecule has 2 saturated heterocycles. The molecule has 10 rings (SSSR count). The summed E-state index contributed by atoms with van der Waals surface area (Å²) in [6.07, 6.45) is 18.1. The van der Waals surface area contributed by atoms with Crippen LogP contribution in [0.15, 0.2) is 83.9 Å². The predicted octanol–water partition coefficient (Wildman–Crippen LogP) is 9.04. The first kappa shape index (κ1) is 27.9. The van der Waals surface area contributed by atoms with Gasteiger partial charge in [-0.2, -0.15) is 0 Å². The fourth-order valence-electron chi connectivity index (χ4n) is 9.51. The van der Waals surface area contributed by atoms with Gasteiger partial charge in [0.2, 0.25) is 0 Å². The Bertz CT molecular complexity index is 1640. The number of hydrogen-bond acceptors (Lipinski definition) is 3. The number of fused-ring (bicyclic) bond motifs is 6. The molecule has 43 heavy (non-hydrogen) atoms. The second-order valence-corrected chi connectivity index (χ2v) is 14.9. The Hall–Kier alpha value is -2.66. The molecule has 2 aliphatic carbocycles. The fraction of sp³-hybridized carbons (Fsp3) is 0.487. The summed E-state index contributed by atoms with van der Waals surface area (Å²) in [6, 6.07) is 19.1. The van der Waals surface area contributed by atoms with Crippen LogP contribution in [0.1, 0.15) is 63.0 Å². The van der Waals surface area contributed by atoms with E-state index in [2.05, 4.69) is 107 Å². The summed E-state index contributed by atoms with van der Waals surface area (Å²) in [6.45, 7) is 9.56. The number of thiophene rings is 1. The number of para-hydroxylation sites is 1. The minimum Gasteiger partial charge on any atom is -0.361 e. The quantitative estimate of drug-likeness (QED) is 0.186. The minimum absolute atomic E-state index is 0.458. The van der Waals surface area contributed by atoms with Crippen molar-refractivity contribution in [1.82, 2.24) is 14.8 Å². The van der Waals surface area contributed by atoms with Gasteiger partial charge in [0.15, 0.2) is 0 Å². The van der Waals surface area contributed by atoms with Gasteiger partial charge in [0.1, 0.15) is 0 Å². The van der Waals surface area contributed by atoms with Gasteiger partial charge in [-0.1, -0.05) is 86.9 Å². The van der Waals surface area contributed by atoms with E-state index in [-0.39, 0.29) is 0 Å². The normalized spacial score (nSPS) is 29.6. The zero-order valence-corrected chi connectivity index (χ0v) is 26.7. The molecule has 0 saturated carbocycles. The number of nitrogens with zero attached hydrogens (tertiary/aromatic N) is 2. The molecule has 0 amide bonds. The summed E-state index contributed by atoms with van der Waals surface area (Å²) in [5.74, 6) is 3.43. The van der Waals surface area contributed by atoms with Crippen LogP contribution < -0.4 is 0 Å². The van der Waals surface area contributed by atoms with Crippen molar-refractivity contribution in [3.8, 4) is 0 Å². The summed E-state index contributed by atoms with van der Waals surface area (Å²) in [7, 11) is 0. The van der Waals surface area contributed by atoms with Gasteiger partial charge in [-0.3, -0.25) is 9.80 Å². The zero-order valence-electron chi connectivity index (χ0n) is 25.9. The highest BCUT2D eigenvalue weighted by Gasteiger charge is 2.44. The summed E-state index contributed by atoms with van der Waals surface area (Å²) in [4.78, 5) is 9.41. The Morgan fingerprint density at radius 1 is 0.907 bits per heavy atom. The van der Waals surface area contributed by atoms with E-state index in [0.29, 0.717) is 23.9 Å². The molecule has 3 nitrogen and oxygen atoms in total. The van der Waals surface area contributed by atoms with Gasteiger partial charge in [0.25, 0.3) is 0 Å². The molecule has 4 heteroatoms. The summed E-state index contributed by atoms with van der Waals surface area (Å²) >= 11 is 1.91. The van der Waals surface area contributed by atoms with Crippen LogP contribution >= 0.6 is 11.3 Å². The lowest BCUT2D eigenvalue weighted by Gasteiger charge is -2.52. The van der Waals surface area contributed by atoms with Crippen LogP contribution in [0.3, 0.4) is 0 Å². The third-order valence-corrected chi connectivity index (χ3v) is 12.6. The highest BCUT2D eigenvalue weighted by atomic mass is 32.1. The maximum atomic E-state index is 3.66. The van der Waals surface area contributed by atoms with E-state index in [9.17, 15) is 0 Å². The number of aromatic nitrogens is 1. The van der Waals surface area contributed by atoms with Crippen molar-refractivity contribution >= 4 is 32.3 Å². The molecule has 224 valence electrons. The second kappa shape index (κ2) is 11.7. The standard InChI is InChI=1S/C39H47N3S/c1-3-9-28-18-26-14-15-37(28)42(22-26)24-35(34-21-40-36-12-7-5-11-32(34)36)33-20-38-27(4-2)19-30(33)23-41(38)17-16-29-25-43-39-13-8-6-10-31(29)39/h5-8,10-15,20-21,25-28,30,35,37-38,40H,3-4,9,16-19,22-24H2,1-2H3. The predicted molar refractivity (Wildman–Crippen MR) is 183 cm³/mol. The lowest BCUT2D eigenvalue weighted by Crippen LogP contribution is -2.54. The van der Waals surface area contributed by atoms with Crippen molar-refractivity contribution in [2.75, 3.05) is 26.2 Å². The molecule has 2 fully saturated rings. The topological polar surface area (TPSA) is 22.3 Å². The van der Waals surface area contributed by atoms with Crippen molar-refractivity contribution < 1.29 is 0 Å². The largest absolute Gasteiger partial charge is 0.361 e. The Labute approximate surface area is 261 Å². The van der Waals surface area contributed by atoms with Gasteiger partial charge in [0.05, 0.1) is 0 Å². The van der Waals surface area contributed by atoms with Crippen molar-refractivity contribution in [2.24, 2.45) is 23.7 Å². The minimum atomic E-state index is 0.458. The van der Waals surface area contributed by atoms with Gasteiger partial charge >= 0.3 is 0 Å². The number of rotatable bonds is 10. The summed E-state index contributed by atoms with van der Waals surface area (Å²) in [5, 5.41) is 5.29. The smallest absolute Gasteiger partial charge is 0.0457 e. The Morgan fingerprint density at radius 2 is 1.77 bits per heavy atom. The first-order chi connectivity index (χ1) is 21.2. The number of benzene rings is 2. The van der Waals surface area contributed by atoms with Crippen LogP contribution in [-0.2, 0) is 6.42 Å². The van der Waals surface area contributed by atoms with Crippen LogP contribution in [0.5, 0.6) is 0 Å². The average Bonchev–Trinajstić information content (AvgIpc) is 3.67. The molecular weight excluding hydrogens is 543 g/mol. The second-order valence-electron chi connectivity index (χ2n) is 14.0. The molecule has 0 radical (unpaired) electrons. The molecule has 4 bridgehead atoms. The first-order valence-electron chi connectivity index (χ1n) is 17.1. The van der Waals surface area contributed by atoms with Gasteiger partial charge in [-0.05, 0) is 83.4 Å². The van der Waals surface area contributed by atoms with Crippen molar-refractivity contribution in [3.63, 3.8) is 0 Å². The molecule has 4 aliphatic heterocycles. The highest BCUT2D eigenvalue weighted by molar-refractivity contribution is 7.17. The van der Waals surface area contributed by atoms with Gasteiger partial charge < -0.3 is 4.98 Å². The van der Waals surface area contributed by atoms with E-state index < -0.39 is 0 Å². The van der Waals surface area contributed by atoms with E-state index in [0.717, 1.165) is 30.7 Å². The molecule has 0 spiro atoms. The Morgan fingerprint density at radius 3 is 2.60 bits per heavy atom. The van der Waals surface area contributed by atoms with E-state index in [1.54, 1.807) is 5.57 Å². The lowest BCUT2D eigenvalue weighted by atomic mass is 9.67. The lowest BCUT2D eigenvalue weighted by molar-refractivity contribution is 0.0587. The van der Waals surface area contributed by atoms with E-state index in [1.807, 2.05) is 11.3 Å². The third kappa shape index (κ3) is 5.04. The zero-order chi connectivity index (χ0) is 28.9. The van der Waals surface area contributed by atoms with Gasteiger partial charge in [0, 0.05) is 66.0 Å². The average molecular weight is 590 g/mol. The molecular formula is C39H47N3S. The van der Waals surface area contributed by atoms with Crippen LogP contribution in [0, 0.1) is 23.7 Å². The third-order valence-electron chi connectivity index (χ3n) is 11.6. The van der Waals surface area contributed by atoms with Crippen LogP contribution in [0.2, 0.25) is 0 Å². The Balaban J connectivity index is 1.11. The maximum Gasteiger partial charge on any atom is 0.0457 e. The van der Waals surface area contributed by atoms with E-state index in [1.165, 1.54) is 83.9 Å². The van der Waals surface area contributed by atoms with Gasteiger partial charge in [-0.25, -0.2) is 0 Å². The number of H-pyrrole nitrogens is 1. The fourth-order valence-corrected chi connectivity index (χ4v) is 10.5. The van der Waals surface area contributed by atoms with E-state index in [4.69, 9.17) is 0 Å². The molecule has 7 unspecified atom stereocenters. The molecule has 6 aliphatic rings. The molecule has 6 heterocycles. The van der Waals surface area contributed by atoms with Crippen LogP contribution in [0.25, 0.3) is 21.0 Å². The number of nitrogens with one attached hydrogen (secondary N) is 1. The molecule has 4 aromatic rings. The number of aromatic amines is 1. The Kier molecular flexibility index (Phi) is 7.57. The SMILES string of the molecule is CCCC1CC2C=CC1N(CC(C1=CC3C(CC)CC1CN3CCc1csc3ccccc13)c1c[nH]c3ccccc13)C2. The molecule has 2 aromatic carbocycles. The van der Waals surface area contributed by atoms with Crippen LogP contribution in [-0.4, -0.2) is 53.0 Å². The molecule has 2 aromatic heterocycles. The van der Waals surface area contributed by atoms with Crippen molar-refractivity contribution in [1.29, 1.82) is 0 Å². The summed E-state index contributed by atoms with van der Waals surface area (Å²) in [5.41, 5.74) is 6.08. The maximum absolute atomic E-state index is 3.66. The summed E-state index contributed by atoms with van der Waals surface area (Å²) < 4.78 is 1.43. The monoisotopic (exact) mass is 589 g/mol. The molecule has 7 atom stereocenters. The number of piperidine rings is 2. The first-order valence-corrected chi connectivity index (χ1v) is 18.0. The van der Waals surface area contributed by atoms with Crippen molar-refractivity contribution in [2.45, 2.75) is 70.4 Å². The van der Waals surface area contributed by atoms with Crippen molar-refractivity contribution in [3.05, 3.63) is 95.0 Å².